The molecule has 0 fully saturated rings. The zero-order chi connectivity index (χ0) is 11.2. The molecule has 0 aliphatic heterocycles. The molecular formula is C13H9NOS2. The monoisotopic (exact) mass is 259 g/mol. The van der Waals surface area contributed by atoms with E-state index < -0.39 is 0 Å². The van der Waals surface area contributed by atoms with E-state index in [1.807, 2.05) is 17.4 Å². The minimum Gasteiger partial charge on any atom is -0.435 e. The molecule has 0 atom stereocenters. The standard InChI is InChI=1S/C13H9NOS2/c1-2-11(16-6-1)13-14-9-3-4-10-8(5-7-17-10)12(9)15-13/h1-2,5-7H,3-4H2. The van der Waals surface area contributed by atoms with E-state index in [4.69, 9.17) is 4.42 Å². The summed E-state index contributed by atoms with van der Waals surface area (Å²) in [5.41, 5.74) is 2.35. The van der Waals surface area contributed by atoms with E-state index in [9.17, 15) is 0 Å². The highest BCUT2D eigenvalue weighted by Crippen LogP contribution is 2.39. The van der Waals surface area contributed by atoms with Gasteiger partial charge in [-0.1, -0.05) is 6.07 Å². The predicted octanol–water partition coefficient (Wildman–Crippen LogP) is 4.23. The van der Waals surface area contributed by atoms with Crippen molar-refractivity contribution in [3.63, 3.8) is 0 Å². The maximum Gasteiger partial charge on any atom is 0.237 e. The van der Waals surface area contributed by atoms with Crippen LogP contribution in [0, 0.1) is 0 Å². The molecule has 0 saturated heterocycles. The largest absolute Gasteiger partial charge is 0.435 e. The fourth-order valence-electron chi connectivity index (χ4n) is 2.21. The van der Waals surface area contributed by atoms with E-state index >= 15 is 0 Å². The Kier molecular flexibility index (Phi) is 2.01. The maximum atomic E-state index is 5.94. The van der Waals surface area contributed by atoms with E-state index in [-0.39, 0.29) is 0 Å². The summed E-state index contributed by atoms with van der Waals surface area (Å²) in [6.07, 6.45) is 2.09. The van der Waals surface area contributed by atoms with Crippen LogP contribution >= 0.6 is 22.7 Å². The van der Waals surface area contributed by atoms with Crippen molar-refractivity contribution in [3.05, 3.63) is 39.5 Å². The quantitative estimate of drug-likeness (QED) is 0.653. The van der Waals surface area contributed by atoms with Crippen molar-refractivity contribution in [1.82, 2.24) is 4.98 Å². The Hall–Kier alpha value is -1.39. The average molecular weight is 259 g/mol. The van der Waals surface area contributed by atoms with Crippen LogP contribution in [0.3, 0.4) is 0 Å². The zero-order valence-corrected chi connectivity index (χ0v) is 10.6. The van der Waals surface area contributed by atoms with Crippen molar-refractivity contribution in [3.8, 4) is 22.1 Å². The van der Waals surface area contributed by atoms with Crippen molar-refractivity contribution < 1.29 is 4.42 Å². The second kappa shape index (κ2) is 3.55. The van der Waals surface area contributed by atoms with Gasteiger partial charge in [-0.05, 0) is 35.7 Å². The smallest absolute Gasteiger partial charge is 0.237 e. The highest BCUT2D eigenvalue weighted by molar-refractivity contribution is 7.13. The highest BCUT2D eigenvalue weighted by atomic mass is 32.1. The van der Waals surface area contributed by atoms with E-state index in [2.05, 4.69) is 27.9 Å². The third-order valence-electron chi connectivity index (χ3n) is 3.01. The van der Waals surface area contributed by atoms with Crippen molar-refractivity contribution in [2.24, 2.45) is 0 Å². The van der Waals surface area contributed by atoms with Gasteiger partial charge in [-0.3, -0.25) is 0 Å². The van der Waals surface area contributed by atoms with Gasteiger partial charge in [0.25, 0.3) is 0 Å². The van der Waals surface area contributed by atoms with Gasteiger partial charge in [-0.15, -0.1) is 22.7 Å². The van der Waals surface area contributed by atoms with Crippen molar-refractivity contribution in [2.45, 2.75) is 12.8 Å². The third-order valence-corrected chi connectivity index (χ3v) is 4.85. The first-order chi connectivity index (χ1) is 8.42. The van der Waals surface area contributed by atoms with Crippen LogP contribution in [-0.2, 0) is 12.8 Å². The number of aryl methyl sites for hydroxylation is 2. The van der Waals surface area contributed by atoms with Gasteiger partial charge in [0.05, 0.1) is 10.6 Å². The summed E-state index contributed by atoms with van der Waals surface area (Å²) >= 11 is 3.48. The number of oxazole rings is 1. The average Bonchev–Trinajstić information content (AvgIpc) is 3.08. The van der Waals surface area contributed by atoms with Gasteiger partial charge in [0.1, 0.15) is 0 Å². The van der Waals surface area contributed by atoms with E-state index in [0.717, 1.165) is 35.1 Å². The van der Waals surface area contributed by atoms with Crippen LogP contribution in [0.2, 0.25) is 0 Å². The molecule has 3 aromatic rings. The van der Waals surface area contributed by atoms with Crippen LogP contribution < -0.4 is 0 Å². The summed E-state index contributed by atoms with van der Waals surface area (Å²) in [4.78, 5) is 7.15. The lowest BCUT2D eigenvalue weighted by Gasteiger charge is -2.07. The van der Waals surface area contributed by atoms with Crippen molar-refractivity contribution in [1.29, 1.82) is 0 Å². The Morgan fingerprint density at radius 2 is 2.12 bits per heavy atom. The number of rotatable bonds is 1. The summed E-state index contributed by atoms with van der Waals surface area (Å²) in [6.45, 7) is 0. The fraction of sp³-hybridized carbons (Fsp3) is 0.154. The molecule has 0 saturated carbocycles. The van der Waals surface area contributed by atoms with Crippen LogP contribution in [0.5, 0.6) is 0 Å². The van der Waals surface area contributed by atoms with Crippen LogP contribution in [0.15, 0.2) is 33.4 Å². The molecule has 0 spiro atoms. The molecule has 4 rings (SSSR count). The van der Waals surface area contributed by atoms with Gasteiger partial charge in [0.15, 0.2) is 5.76 Å². The molecule has 4 heteroatoms. The van der Waals surface area contributed by atoms with Crippen molar-refractivity contribution >= 4 is 22.7 Å². The summed E-state index contributed by atoms with van der Waals surface area (Å²) in [7, 11) is 0. The zero-order valence-electron chi connectivity index (χ0n) is 8.97. The molecule has 1 aliphatic carbocycles. The molecule has 3 heterocycles. The molecule has 17 heavy (non-hydrogen) atoms. The first-order valence-electron chi connectivity index (χ1n) is 5.52. The Labute approximate surface area is 107 Å². The fourth-order valence-corrected chi connectivity index (χ4v) is 3.73. The van der Waals surface area contributed by atoms with Crippen LogP contribution in [0.1, 0.15) is 10.6 Å². The second-order valence-electron chi connectivity index (χ2n) is 4.03. The molecule has 0 N–H and O–H groups in total. The van der Waals surface area contributed by atoms with Crippen LogP contribution in [0.25, 0.3) is 22.1 Å². The Morgan fingerprint density at radius 3 is 3.00 bits per heavy atom. The SMILES string of the molecule is c1csc(-c2nc3c(o2)-c2ccsc2CC3)c1. The van der Waals surface area contributed by atoms with Gasteiger partial charge in [0, 0.05) is 10.4 Å². The Balaban J connectivity index is 1.90. The number of hydrogen-bond donors (Lipinski definition) is 0. The molecule has 0 aromatic carbocycles. The van der Waals surface area contributed by atoms with Gasteiger partial charge in [-0.25, -0.2) is 4.98 Å². The van der Waals surface area contributed by atoms with Crippen LogP contribution in [0.4, 0.5) is 0 Å². The molecule has 0 bridgehead atoms. The number of hydrogen-bond acceptors (Lipinski definition) is 4. The molecule has 3 aromatic heterocycles. The van der Waals surface area contributed by atoms with Gasteiger partial charge < -0.3 is 4.42 Å². The van der Waals surface area contributed by atoms with Gasteiger partial charge in [0.2, 0.25) is 5.89 Å². The summed E-state index contributed by atoms with van der Waals surface area (Å²) in [5.74, 6) is 1.75. The first-order valence-corrected chi connectivity index (χ1v) is 7.28. The minimum atomic E-state index is 0.768. The molecule has 1 aliphatic rings. The second-order valence-corrected chi connectivity index (χ2v) is 5.98. The number of nitrogens with zero attached hydrogens (tertiary/aromatic N) is 1. The summed E-state index contributed by atoms with van der Waals surface area (Å²) in [6, 6.07) is 6.22. The highest BCUT2D eigenvalue weighted by Gasteiger charge is 2.23. The topological polar surface area (TPSA) is 26.0 Å². The molecule has 84 valence electrons. The lowest BCUT2D eigenvalue weighted by molar-refractivity contribution is 0.586. The molecule has 2 nitrogen and oxygen atoms in total. The summed E-state index contributed by atoms with van der Waals surface area (Å²) in [5, 5.41) is 4.18. The maximum absolute atomic E-state index is 5.94. The van der Waals surface area contributed by atoms with Gasteiger partial charge >= 0.3 is 0 Å². The third kappa shape index (κ3) is 1.41. The van der Waals surface area contributed by atoms with E-state index in [0.29, 0.717) is 0 Å². The lowest BCUT2D eigenvalue weighted by Crippen LogP contribution is -1.98. The minimum absolute atomic E-state index is 0.768. The molecular weight excluding hydrogens is 250 g/mol. The number of aromatic nitrogens is 1. The number of fused-ring (bicyclic) bond motifs is 3. The molecule has 0 radical (unpaired) electrons. The molecule has 0 unspecified atom stereocenters. The molecule has 0 amide bonds. The summed E-state index contributed by atoms with van der Waals surface area (Å²) < 4.78 is 5.94. The predicted molar refractivity (Wildman–Crippen MR) is 70.5 cm³/mol. The Morgan fingerprint density at radius 1 is 1.12 bits per heavy atom. The van der Waals surface area contributed by atoms with Crippen LogP contribution in [-0.4, -0.2) is 4.98 Å². The van der Waals surface area contributed by atoms with E-state index in [1.54, 1.807) is 11.3 Å². The van der Waals surface area contributed by atoms with Crippen molar-refractivity contribution in [2.75, 3.05) is 0 Å². The van der Waals surface area contributed by atoms with Gasteiger partial charge in [-0.2, -0.15) is 0 Å². The number of thiophene rings is 2. The van der Waals surface area contributed by atoms with E-state index in [1.165, 1.54) is 10.4 Å². The lowest BCUT2D eigenvalue weighted by atomic mass is 10.0. The Bertz CT molecular complexity index is 663. The first kappa shape index (κ1) is 9.62. The normalized spacial score (nSPS) is 13.4.